The monoisotopic (exact) mass is 337 g/mol. The van der Waals surface area contributed by atoms with Crippen LogP contribution in [0.15, 0.2) is 6.07 Å². The summed E-state index contributed by atoms with van der Waals surface area (Å²) < 4.78 is 39.6. The van der Waals surface area contributed by atoms with Crippen LogP contribution in [0.4, 0.5) is 13.2 Å². The zero-order chi connectivity index (χ0) is 14.2. The largest absolute Gasteiger partial charge is 0.503 e. The minimum Gasteiger partial charge on any atom is -0.503 e. The lowest BCUT2D eigenvalue weighted by atomic mass is 9.78. The summed E-state index contributed by atoms with van der Waals surface area (Å²) in [7, 11) is 0. The van der Waals surface area contributed by atoms with Crippen LogP contribution in [0.2, 0.25) is 0 Å². The molecule has 0 radical (unpaired) electrons. The Morgan fingerprint density at radius 3 is 2.47 bits per heavy atom. The number of carbonyl (C=O) groups is 1. The second-order valence-electron chi connectivity index (χ2n) is 4.60. The standard InChI is InChI=1S/C12H11BrF3NO2/c13-5-12(2-1-3-12)17-11(19)6-4-7(14)9(16)10(18)8(6)15/h4,18H,1-3,5H2,(H,17,19). The number of nitrogens with one attached hydrogen (secondary N) is 1. The Morgan fingerprint density at radius 1 is 1.37 bits per heavy atom. The van der Waals surface area contributed by atoms with Crippen LogP contribution >= 0.6 is 15.9 Å². The van der Waals surface area contributed by atoms with E-state index in [0.717, 1.165) is 19.3 Å². The average molecular weight is 338 g/mol. The summed E-state index contributed by atoms with van der Waals surface area (Å²) in [4.78, 5) is 11.9. The van der Waals surface area contributed by atoms with Gasteiger partial charge in [-0.25, -0.2) is 8.78 Å². The van der Waals surface area contributed by atoms with Gasteiger partial charge >= 0.3 is 0 Å². The first kappa shape index (κ1) is 14.2. The number of alkyl halides is 1. The number of halogens is 4. The molecule has 2 rings (SSSR count). The molecular weight excluding hydrogens is 327 g/mol. The lowest BCUT2D eigenvalue weighted by molar-refractivity contribution is 0.0850. The highest BCUT2D eigenvalue weighted by atomic mass is 79.9. The average Bonchev–Trinajstić information content (AvgIpc) is 2.35. The van der Waals surface area contributed by atoms with Crippen molar-refractivity contribution in [2.45, 2.75) is 24.8 Å². The number of benzene rings is 1. The molecular formula is C12H11BrF3NO2. The molecule has 0 heterocycles. The molecule has 0 bridgehead atoms. The van der Waals surface area contributed by atoms with E-state index in [9.17, 15) is 18.0 Å². The van der Waals surface area contributed by atoms with E-state index in [-0.39, 0.29) is 0 Å². The molecule has 0 atom stereocenters. The number of hydrogen-bond acceptors (Lipinski definition) is 2. The van der Waals surface area contributed by atoms with E-state index in [1.54, 1.807) is 0 Å². The van der Waals surface area contributed by atoms with Gasteiger partial charge in [0.15, 0.2) is 17.4 Å². The van der Waals surface area contributed by atoms with Crippen molar-refractivity contribution in [2.24, 2.45) is 0 Å². The fourth-order valence-electron chi connectivity index (χ4n) is 1.96. The summed E-state index contributed by atoms with van der Waals surface area (Å²) in [6.45, 7) is 0. The van der Waals surface area contributed by atoms with E-state index in [0.29, 0.717) is 11.4 Å². The van der Waals surface area contributed by atoms with Crippen LogP contribution in [0.25, 0.3) is 0 Å². The third-order valence-electron chi connectivity index (χ3n) is 3.32. The minimum absolute atomic E-state index is 0.445. The summed E-state index contributed by atoms with van der Waals surface area (Å²) >= 11 is 3.25. The van der Waals surface area contributed by atoms with Crippen molar-refractivity contribution in [3.05, 3.63) is 29.1 Å². The van der Waals surface area contributed by atoms with E-state index < -0.39 is 40.2 Å². The van der Waals surface area contributed by atoms with Crippen LogP contribution in [0.3, 0.4) is 0 Å². The molecule has 1 saturated carbocycles. The number of amides is 1. The molecule has 19 heavy (non-hydrogen) atoms. The summed E-state index contributed by atoms with van der Waals surface area (Å²) in [6.07, 6.45) is 2.37. The summed E-state index contributed by atoms with van der Waals surface area (Å²) in [6, 6.07) is 0.445. The first-order valence-corrected chi connectivity index (χ1v) is 6.77. The lowest BCUT2D eigenvalue weighted by Crippen LogP contribution is -2.55. The smallest absolute Gasteiger partial charge is 0.254 e. The highest BCUT2D eigenvalue weighted by Gasteiger charge is 2.38. The van der Waals surface area contributed by atoms with Gasteiger partial charge in [-0.3, -0.25) is 4.79 Å². The van der Waals surface area contributed by atoms with Gasteiger partial charge in [-0.15, -0.1) is 0 Å². The highest BCUT2D eigenvalue weighted by Crippen LogP contribution is 2.34. The SMILES string of the molecule is O=C(NC1(CBr)CCC1)c1cc(F)c(F)c(O)c1F. The highest BCUT2D eigenvalue weighted by molar-refractivity contribution is 9.09. The molecule has 0 spiro atoms. The molecule has 1 aliphatic carbocycles. The summed E-state index contributed by atoms with van der Waals surface area (Å²) in [5, 5.41) is 12.1. The van der Waals surface area contributed by atoms with Gasteiger partial charge in [-0.2, -0.15) is 4.39 Å². The molecule has 1 aliphatic rings. The Hall–Kier alpha value is -1.24. The van der Waals surface area contributed by atoms with Gasteiger partial charge in [0.2, 0.25) is 5.82 Å². The van der Waals surface area contributed by atoms with Gasteiger partial charge in [0, 0.05) is 5.33 Å². The maximum Gasteiger partial charge on any atom is 0.254 e. The van der Waals surface area contributed by atoms with Crippen LogP contribution in [0.1, 0.15) is 29.6 Å². The molecule has 7 heteroatoms. The van der Waals surface area contributed by atoms with Crippen LogP contribution in [0, 0.1) is 17.5 Å². The molecule has 1 fully saturated rings. The maximum atomic E-state index is 13.6. The molecule has 1 aromatic rings. The molecule has 0 saturated heterocycles. The van der Waals surface area contributed by atoms with Crippen molar-refractivity contribution in [2.75, 3.05) is 5.33 Å². The Kier molecular flexibility index (Phi) is 3.75. The molecule has 1 amide bonds. The van der Waals surface area contributed by atoms with E-state index in [4.69, 9.17) is 5.11 Å². The van der Waals surface area contributed by atoms with E-state index >= 15 is 0 Å². The van der Waals surface area contributed by atoms with Gasteiger partial charge in [0.1, 0.15) is 0 Å². The van der Waals surface area contributed by atoms with E-state index in [1.165, 1.54) is 0 Å². The van der Waals surface area contributed by atoms with Crippen molar-refractivity contribution in [3.63, 3.8) is 0 Å². The fraction of sp³-hybridized carbons (Fsp3) is 0.417. The van der Waals surface area contributed by atoms with Gasteiger partial charge in [0.25, 0.3) is 5.91 Å². The van der Waals surface area contributed by atoms with Crippen LogP contribution in [0.5, 0.6) is 5.75 Å². The predicted molar refractivity (Wildman–Crippen MR) is 65.8 cm³/mol. The van der Waals surface area contributed by atoms with Gasteiger partial charge in [-0.1, -0.05) is 15.9 Å². The number of aromatic hydroxyl groups is 1. The van der Waals surface area contributed by atoms with E-state index in [2.05, 4.69) is 21.2 Å². The zero-order valence-corrected chi connectivity index (χ0v) is 11.4. The molecule has 1 aromatic carbocycles. The van der Waals surface area contributed by atoms with Crippen LogP contribution in [-0.4, -0.2) is 21.9 Å². The Balaban J connectivity index is 2.29. The molecule has 2 N–H and O–H groups in total. The summed E-state index contributed by atoms with van der Waals surface area (Å²) in [5.41, 5.74) is -1.19. The minimum atomic E-state index is -1.70. The summed E-state index contributed by atoms with van der Waals surface area (Å²) in [5.74, 6) is -6.98. The van der Waals surface area contributed by atoms with Gasteiger partial charge < -0.3 is 10.4 Å². The number of carbonyl (C=O) groups excluding carboxylic acids is 1. The van der Waals surface area contributed by atoms with Gasteiger partial charge in [-0.05, 0) is 25.3 Å². The number of hydrogen-bond donors (Lipinski definition) is 2. The maximum absolute atomic E-state index is 13.6. The van der Waals surface area contributed by atoms with Crippen molar-refractivity contribution >= 4 is 21.8 Å². The number of phenolic OH excluding ortho intramolecular Hbond substituents is 1. The topological polar surface area (TPSA) is 49.3 Å². The van der Waals surface area contributed by atoms with Crippen molar-refractivity contribution in [1.29, 1.82) is 0 Å². The first-order chi connectivity index (χ1) is 8.90. The predicted octanol–water partition coefficient (Wildman–Crippen LogP) is 2.86. The molecule has 104 valence electrons. The zero-order valence-electron chi connectivity index (χ0n) is 9.77. The lowest BCUT2D eigenvalue weighted by Gasteiger charge is -2.41. The Bertz CT molecular complexity index is 527. The fourth-order valence-corrected chi connectivity index (χ4v) is 2.66. The van der Waals surface area contributed by atoms with E-state index in [1.807, 2.05) is 0 Å². The van der Waals surface area contributed by atoms with Crippen molar-refractivity contribution in [3.8, 4) is 5.75 Å². The van der Waals surface area contributed by atoms with Crippen molar-refractivity contribution < 1.29 is 23.1 Å². The van der Waals surface area contributed by atoms with Crippen LogP contribution < -0.4 is 5.32 Å². The third-order valence-corrected chi connectivity index (χ3v) is 4.40. The Labute approximate surface area is 115 Å². The van der Waals surface area contributed by atoms with Crippen LogP contribution in [-0.2, 0) is 0 Å². The Morgan fingerprint density at radius 2 is 2.00 bits per heavy atom. The molecule has 0 aromatic heterocycles. The number of phenols is 1. The molecule has 3 nitrogen and oxygen atoms in total. The first-order valence-electron chi connectivity index (χ1n) is 5.65. The third kappa shape index (κ3) is 2.43. The van der Waals surface area contributed by atoms with Crippen molar-refractivity contribution in [1.82, 2.24) is 5.32 Å². The second-order valence-corrected chi connectivity index (χ2v) is 5.16. The molecule has 0 unspecified atom stereocenters. The molecule has 0 aliphatic heterocycles. The second kappa shape index (κ2) is 5.03. The quantitative estimate of drug-likeness (QED) is 0.658. The number of rotatable bonds is 3. The normalized spacial score (nSPS) is 16.8. The van der Waals surface area contributed by atoms with Gasteiger partial charge in [0.05, 0.1) is 11.1 Å².